The molecule has 84 valence electrons. The van der Waals surface area contributed by atoms with E-state index in [0.29, 0.717) is 18.8 Å². The topological polar surface area (TPSA) is 63.3 Å². The van der Waals surface area contributed by atoms with Gasteiger partial charge >= 0.3 is 5.97 Å². The van der Waals surface area contributed by atoms with Crippen LogP contribution in [-0.4, -0.2) is 16.6 Å². The van der Waals surface area contributed by atoms with Gasteiger partial charge in [0.25, 0.3) is 0 Å². The van der Waals surface area contributed by atoms with Crippen LogP contribution in [0, 0.1) is 5.92 Å². The molecule has 3 N–H and O–H groups in total. The largest absolute Gasteiger partial charge is 0.480 e. The second-order valence-electron chi connectivity index (χ2n) is 4.21. The average molecular weight is 222 g/mol. The lowest BCUT2D eigenvalue weighted by Gasteiger charge is -2.24. The molecule has 1 aliphatic rings. The summed E-state index contributed by atoms with van der Waals surface area (Å²) in [5, 5.41) is 9.01. The Morgan fingerprint density at radius 1 is 1.57 bits per heavy atom. The molecule has 0 aromatic heterocycles. The molecule has 1 atom stereocenters. The Balaban J connectivity index is 0.00000169. The molecule has 1 rings (SSSR count). The molecule has 0 aliphatic heterocycles. The molecule has 3 nitrogen and oxygen atoms in total. The van der Waals surface area contributed by atoms with E-state index in [4.69, 9.17) is 10.8 Å². The third-order valence-electron chi connectivity index (χ3n) is 2.75. The summed E-state index contributed by atoms with van der Waals surface area (Å²) in [5.74, 6) is -0.245. The first-order valence-corrected chi connectivity index (χ1v) is 5.11. The van der Waals surface area contributed by atoms with Crippen LogP contribution in [-0.2, 0) is 4.79 Å². The van der Waals surface area contributed by atoms with E-state index in [1.165, 1.54) is 12.8 Å². The second kappa shape index (κ2) is 5.56. The van der Waals surface area contributed by atoms with Crippen molar-refractivity contribution in [3.63, 3.8) is 0 Å². The summed E-state index contributed by atoms with van der Waals surface area (Å²) in [6.07, 6.45) is 5.54. The van der Waals surface area contributed by atoms with Crippen molar-refractivity contribution < 1.29 is 9.90 Å². The smallest absolute Gasteiger partial charge is 0.323 e. The third-order valence-corrected chi connectivity index (χ3v) is 2.75. The van der Waals surface area contributed by atoms with E-state index in [1.807, 2.05) is 0 Å². The molecule has 4 heteroatoms. The maximum absolute atomic E-state index is 11.0. The van der Waals surface area contributed by atoms with Crippen LogP contribution < -0.4 is 5.73 Å². The van der Waals surface area contributed by atoms with Crippen molar-refractivity contribution in [2.24, 2.45) is 11.7 Å². The van der Waals surface area contributed by atoms with Crippen LogP contribution >= 0.6 is 12.4 Å². The zero-order chi connectivity index (χ0) is 9.90. The van der Waals surface area contributed by atoms with Gasteiger partial charge in [0.1, 0.15) is 5.54 Å². The van der Waals surface area contributed by atoms with E-state index in [9.17, 15) is 4.79 Å². The van der Waals surface area contributed by atoms with Crippen molar-refractivity contribution in [1.82, 2.24) is 0 Å². The summed E-state index contributed by atoms with van der Waals surface area (Å²) in [4.78, 5) is 11.0. The molecule has 1 fully saturated rings. The van der Waals surface area contributed by atoms with Crippen molar-refractivity contribution in [3.05, 3.63) is 0 Å². The summed E-state index contributed by atoms with van der Waals surface area (Å²) in [5.41, 5.74) is 4.92. The van der Waals surface area contributed by atoms with Gasteiger partial charge < -0.3 is 10.8 Å². The number of nitrogens with two attached hydrogens (primary N) is 1. The second-order valence-corrected chi connectivity index (χ2v) is 4.21. The maximum Gasteiger partial charge on any atom is 0.323 e. The molecule has 1 saturated carbocycles. The first-order valence-electron chi connectivity index (χ1n) is 5.11. The van der Waals surface area contributed by atoms with Crippen LogP contribution in [0.1, 0.15) is 45.4 Å². The minimum atomic E-state index is -0.947. The van der Waals surface area contributed by atoms with Crippen molar-refractivity contribution >= 4 is 18.4 Å². The van der Waals surface area contributed by atoms with Gasteiger partial charge in [0, 0.05) is 0 Å². The standard InChI is InChI=1S/C10H19NO2.ClH/c1-2-3-6-10(11,9(12)13)7-8-4-5-8;/h8H,2-7,11H2,1H3,(H,12,13);1H/t10-;/m0./s1. The molecule has 0 amide bonds. The molecule has 0 aromatic rings. The first kappa shape index (κ1) is 13.7. The van der Waals surface area contributed by atoms with Gasteiger partial charge in [-0.05, 0) is 18.8 Å². The normalized spacial score (nSPS) is 19.6. The summed E-state index contributed by atoms with van der Waals surface area (Å²) >= 11 is 0. The van der Waals surface area contributed by atoms with E-state index in [1.54, 1.807) is 0 Å². The van der Waals surface area contributed by atoms with Crippen LogP contribution in [0.25, 0.3) is 0 Å². The SMILES string of the molecule is CCCC[C@](N)(CC1CC1)C(=O)O.Cl. The molecular formula is C10H20ClNO2. The van der Waals surface area contributed by atoms with E-state index in [0.717, 1.165) is 12.8 Å². The maximum atomic E-state index is 11.0. The Labute approximate surface area is 91.5 Å². The fourth-order valence-electron chi connectivity index (χ4n) is 1.63. The van der Waals surface area contributed by atoms with Gasteiger partial charge in [-0.25, -0.2) is 0 Å². The minimum Gasteiger partial charge on any atom is -0.480 e. The van der Waals surface area contributed by atoms with Crippen molar-refractivity contribution in [2.75, 3.05) is 0 Å². The van der Waals surface area contributed by atoms with E-state index in [-0.39, 0.29) is 12.4 Å². The van der Waals surface area contributed by atoms with Gasteiger partial charge in [0.2, 0.25) is 0 Å². The van der Waals surface area contributed by atoms with Gasteiger partial charge in [-0.15, -0.1) is 12.4 Å². The fourth-order valence-corrected chi connectivity index (χ4v) is 1.63. The molecule has 14 heavy (non-hydrogen) atoms. The highest BCUT2D eigenvalue weighted by Crippen LogP contribution is 2.37. The quantitative estimate of drug-likeness (QED) is 0.723. The van der Waals surface area contributed by atoms with Crippen molar-refractivity contribution in [1.29, 1.82) is 0 Å². The molecule has 0 bridgehead atoms. The number of hydrogen-bond donors (Lipinski definition) is 2. The number of carboxylic acids is 1. The molecule has 0 aromatic carbocycles. The lowest BCUT2D eigenvalue weighted by atomic mass is 9.88. The van der Waals surface area contributed by atoms with Crippen LogP contribution in [0.2, 0.25) is 0 Å². The zero-order valence-corrected chi connectivity index (χ0v) is 9.48. The van der Waals surface area contributed by atoms with E-state index >= 15 is 0 Å². The molecule has 0 unspecified atom stereocenters. The molecule has 1 aliphatic carbocycles. The Morgan fingerprint density at radius 3 is 2.50 bits per heavy atom. The predicted octanol–water partition coefficient (Wildman–Crippen LogP) is 2.18. The van der Waals surface area contributed by atoms with Gasteiger partial charge in [-0.1, -0.05) is 32.6 Å². The summed E-state index contributed by atoms with van der Waals surface area (Å²) in [7, 11) is 0. The molecule has 0 radical (unpaired) electrons. The molecule has 0 spiro atoms. The summed E-state index contributed by atoms with van der Waals surface area (Å²) < 4.78 is 0. The van der Waals surface area contributed by atoms with E-state index in [2.05, 4.69) is 6.92 Å². The third kappa shape index (κ3) is 3.84. The Bertz CT molecular complexity index is 195. The number of carbonyl (C=O) groups is 1. The van der Waals surface area contributed by atoms with Gasteiger partial charge in [0.05, 0.1) is 0 Å². The molecular weight excluding hydrogens is 202 g/mol. The number of unbranched alkanes of at least 4 members (excludes halogenated alkanes) is 1. The van der Waals surface area contributed by atoms with Gasteiger partial charge in [-0.3, -0.25) is 4.79 Å². The number of aliphatic carboxylic acids is 1. The monoisotopic (exact) mass is 221 g/mol. The number of halogens is 1. The van der Waals surface area contributed by atoms with Crippen molar-refractivity contribution in [2.45, 2.75) is 51.0 Å². The Morgan fingerprint density at radius 2 is 2.14 bits per heavy atom. The molecule has 0 heterocycles. The van der Waals surface area contributed by atoms with Crippen LogP contribution in [0.3, 0.4) is 0 Å². The first-order chi connectivity index (χ1) is 6.08. The minimum absolute atomic E-state index is 0. The highest BCUT2D eigenvalue weighted by Gasteiger charge is 2.39. The Hall–Kier alpha value is -0.280. The van der Waals surface area contributed by atoms with Crippen molar-refractivity contribution in [3.8, 4) is 0 Å². The lowest BCUT2D eigenvalue weighted by molar-refractivity contribution is -0.144. The predicted molar refractivity (Wildman–Crippen MR) is 58.7 cm³/mol. The Kier molecular flexibility index (Phi) is 5.45. The van der Waals surface area contributed by atoms with E-state index < -0.39 is 11.5 Å². The van der Waals surface area contributed by atoms with Crippen LogP contribution in [0.5, 0.6) is 0 Å². The number of hydrogen-bond acceptors (Lipinski definition) is 2. The lowest BCUT2D eigenvalue weighted by Crippen LogP contribution is -2.48. The average Bonchev–Trinajstić information content (AvgIpc) is 2.84. The highest BCUT2D eigenvalue weighted by molar-refractivity contribution is 5.85. The number of rotatable bonds is 6. The van der Waals surface area contributed by atoms with Gasteiger partial charge in [-0.2, -0.15) is 0 Å². The summed E-state index contributed by atoms with van der Waals surface area (Å²) in [6.45, 7) is 2.05. The van der Waals surface area contributed by atoms with Crippen LogP contribution in [0.15, 0.2) is 0 Å². The van der Waals surface area contributed by atoms with Crippen LogP contribution in [0.4, 0.5) is 0 Å². The number of carboxylic acid groups (broad SMARTS) is 1. The zero-order valence-electron chi connectivity index (χ0n) is 8.66. The molecule has 0 saturated heterocycles. The highest BCUT2D eigenvalue weighted by atomic mass is 35.5. The van der Waals surface area contributed by atoms with Gasteiger partial charge in [0.15, 0.2) is 0 Å². The summed E-state index contributed by atoms with van der Waals surface area (Å²) in [6, 6.07) is 0. The fraction of sp³-hybridized carbons (Fsp3) is 0.900.